The van der Waals surface area contributed by atoms with Gasteiger partial charge < -0.3 is 9.80 Å². The van der Waals surface area contributed by atoms with Gasteiger partial charge in [0.15, 0.2) is 5.78 Å². The van der Waals surface area contributed by atoms with E-state index in [9.17, 15) is 10.1 Å². The van der Waals surface area contributed by atoms with Gasteiger partial charge in [-0.1, -0.05) is 17.3 Å². The minimum Gasteiger partial charge on any atom is -0.373 e. The quantitative estimate of drug-likeness (QED) is 0.285. The summed E-state index contributed by atoms with van der Waals surface area (Å²) in [5.41, 5.74) is 5.79. The van der Waals surface area contributed by atoms with Crippen molar-refractivity contribution in [3.63, 3.8) is 0 Å². The van der Waals surface area contributed by atoms with Crippen LogP contribution in [0.3, 0.4) is 0 Å². The summed E-state index contributed by atoms with van der Waals surface area (Å²) in [5, 5.41) is 18.3. The standard InChI is InChI=1S/C30H34N8O/c1-21-7-8-22(11-28(21)38-18-27(34-35-38)24-16-32-20-33-17-24)12-29(39)23-13-25(30(2,3)19-31)15-26(14-23)37(6)10-9-36(4)5/h7-8,11,13-18,20H,9-10,12H2,1-6H3. The molecule has 2 aromatic heterocycles. The Morgan fingerprint density at radius 2 is 1.79 bits per heavy atom. The van der Waals surface area contributed by atoms with Crippen LogP contribution in [0, 0.1) is 18.3 Å². The fraction of sp³-hybridized carbons (Fsp3) is 0.333. The molecule has 0 bridgehead atoms. The largest absolute Gasteiger partial charge is 0.373 e. The Morgan fingerprint density at radius 1 is 1.05 bits per heavy atom. The summed E-state index contributed by atoms with van der Waals surface area (Å²) >= 11 is 0. The summed E-state index contributed by atoms with van der Waals surface area (Å²) in [4.78, 5) is 25.9. The van der Waals surface area contributed by atoms with E-state index in [2.05, 4.69) is 36.1 Å². The maximum Gasteiger partial charge on any atom is 0.167 e. The average molecular weight is 523 g/mol. The Labute approximate surface area is 229 Å². The number of carbonyl (C=O) groups excluding carboxylic acids is 1. The number of hydrogen-bond acceptors (Lipinski definition) is 8. The minimum atomic E-state index is -0.723. The van der Waals surface area contributed by atoms with E-state index in [1.54, 1.807) is 17.1 Å². The lowest BCUT2D eigenvalue weighted by molar-refractivity contribution is 0.0993. The van der Waals surface area contributed by atoms with Gasteiger partial charge in [0.1, 0.15) is 12.0 Å². The number of hydrogen-bond donors (Lipinski definition) is 0. The number of likely N-dealkylation sites (N-methyl/N-ethyl adjacent to an activating group) is 2. The number of aryl methyl sites for hydroxylation is 1. The molecule has 0 aliphatic heterocycles. The van der Waals surface area contributed by atoms with Crippen molar-refractivity contribution in [1.29, 1.82) is 5.26 Å². The second-order valence-corrected chi connectivity index (χ2v) is 10.6. The first-order valence-corrected chi connectivity index (χ1v) is 12.8. The van der Waals surface area contributed by atoms with Gasteiger partial charge in [-0.3, -0.25) is 4.79 Å². The summed E-state index contributed by atoms with van der Waals surface area (Å²) in [6.45, 7) is 7.42. The van der Waals surface area contributed by atoms with Crippen molar-refractivity contribution in [2.75, 3.05) is 39.1 Å². The van der Waals surface area contributed by atoms with Gasteiger partial charge in [0.05, 0.1) is 23.4 Å². The van der Waals surface area contributed by atoms with Crippen LogP contribution in [0.2, 0.25) is 0 Å². The van der Waals surface area contributed by atoms with Crippen molar-refractivity contribution in [3.8, 4) is 23.0 Å². The zero-order valence-corrected chi connectivity index (χ0v) is 23.4. The third kappa shape index (κ3) is 6.54. The zero-order valence-electron chi connectivity index (χ0n) is 23.4. The Morgan fingerprint density at radius 3 is 2.49 bits per heavy atom. The number of anilines is 1. The summed E-state index contributed by atoms with van der Waals surface area (Å²) in [7, 11) is 6.07. The van der Waals surface area contributed by atoms with Crippen molar-refractivity contribution < 1.29 is 4.79 Å². The molecule has 0 aliphatic carbocycles. The average Bonchev–Trinajstić information content (AvgIpc) is 3.43. The zero-order chi connectivity index (χ0) is 28.2. The highest BCUT2D eigenvalue weighted by Gasteiger charge is 2.23. The van der Waals surface area contributed by atoms with Crippen LogP contribution in [0.25, 0.3) is 16.9 Å². The predicted octanol–water partition coefficient (Wildman–Crippen LogP) is 4.26. The molecule has 0 spiro atoms. The smallest absolute Gasteiger partial charge is 0.167 e. The number of carbonyl (C=O) groups is 1. The Bertz CT molecular complexity index is 1500. The Kier molecular flexibility index (Phi) is 8.17. The van der Waals surface area contributed by atoms with E-state index in [0.717, 1.165) is 46.7 Å². The van der Waals surface area contributed by atoms with Gasteiger partial charge in [0.25, 0.3) is 0 Å². The fourth-order valence-electron chi connectivity index (χ4n) is 4.14. The third-order valence-electron chi connectivity index (χ3n) is 6.80. The van der Waals surface area contributed by atoms with E-state index in [0.29, 0.717) is 11.3 Å². The van der Waals surface area contributed by atoms with Crippen LogP contribution < -0.4 is 4.90 Å². The van der Waals surface area contributed by atoms with Gasteiger partial charge in [-0.05, 0) is 75.8 Å². The van der Waals surface area contributed by atoms with Gasteiger partial charge in [-0.2, -0.15) is 5.26 Å². The molecular formula is C30H34N8O. The lowest BCUT2D eigenvalue weighted by atomic mass is 9.84. The molecule has 0 aliphatic rings. The molecule has 0 saturated carbocycles. The molecule has 200 valence electrons. The number of nitrogens with zero attached hydrogens (tertiary/aromatic N) is 8. The van der Waals surface area contributed by atoms with Gasteiger partial charge >= 0.3 is 0 Å². The highest BCUT2D eigenvalue weighted by Crippen LogP contribution is 2.29. The Hall–Kier alpha value is -4.42. The number of Topliss-reactive ketones (excluding diaryl/α,β-unsaturated/α-hetero) is 1. The molecule has 0 unspecified atom stereocenters. The molecular weight excluding hydrogens is 488 g/mol. The van der Waals surface area contributed by atoms with E-state index < -0.39 is 5.41 Å². The van der Waals surface area contributed by atoms with Gasteiger partial charge in [-0.15, -0.1) is 5.10 Å². The molecule has 39 heavy (non-hydrogen) atoms. The lowest BCUT2D eigenvalue weighted by Gasteiger charge is -2.25. The monoisotopic (exact) mass is 522 g/mol. The number of aromatic nitrogens is 5. The molecule has 0 fully saturated rings. The van der Waals surface area contributed by atoms with Gasteiger partial charge in [0.2, 0.25) is 0 Å². The van der Waals surface area contributed by atoms with Crippen molar-refractivity contribution in [2.45, 2.75) is 32.6 Å². The van der Waals surface area contributed by atoms with E-state index in [-0.39, 0.29) is 12.2 Å². The van der Waals surface area contributed by atoms with Crippen LogP contribution in [0.4, 0.5) is 5.69 Å². The minimum absolute atomic E-state index is 0.0108. The van der Waals surface area contributed by atoms with E-state index in [4.69, 9.17) is 0 Å². The second-order valence-electron chi connectivity index (χ2n) is 10.6. The van der Waals surface area contributed by atoms with Crippen molar-refractivity contribution in [2.24, 2.45) is 0 Å². The summed E-state index contributed by atoms with van der Waals surface area (Å²) in [5.74, 6) is -0.0108. The van der Waals surface area contributed by atoms with E-state index >= 15 is 0 Å². The second kappa shape index (κ2) is 11.5. The molecule has 4 aromatic rings. The molecule has 2 heterocycles. The number of nitriles is 1. The first kappa shape index (κ1) is 27.6. The summed E-state index contributed by atoms with van der Waals surface area (Å²) in [6, 6.07) is 14.1. The van der Waals surface area contributed by atoms with Crippen molar-refractivity contribution >= 4 is 11.5 Å². The first-order valence-electron chi connectivity index (χ1n) is 12.8. The third-order valence-corrected chi connectivity index (χ3v) is 6.80. The number of rotatable bonds is 10. The topological polar surface area (TPSA) is 104 Å². The molecule has 9 heteroatoms. The maximum absolute atomic E-state index is 13.6. The normalized spacial score (nSPS) is 11.4. The van der Waals surface area contributed by atoms with Crippen molar-refractivity contribution in [1.82, 2.24) is 29.9 Å². The molecule has 0 atom stereocenters. The number of benzene rings is 2. The number of ketones is 1. The molecule has 0 radical (unpaired) electrons. The van der Waals surface area contributed by atoms with Crippen LogP contribution in [-0.4, -0.2) is 69.9 Å². The van der Waals surface area contributed by atoms with Crippen molar-refractivity contribution in [3.05, 3.63) is 83.6 Å². The van der Waals surface area contributed by atoms with Crippen LogP contribution in [0.5, 0.6) is 0 Å². The predicted molar refractivity (Wildman–Crippen MR) is 152 cm³/mol. The molecule has 9 nitrogen and oxygen atoms in total. The SMILES string of the molecule is Cc1ccc(CC(=O)c2cc(N(C)CCN(C)C)cc(C(C)(C)C#N)c2)cc1-n1cc(-c2cncnc2)nn1. The highest BCUT2D eigenvalue weighted by molar-refractivity contribution is 5.98. The molecule has 2 aromatic carbocycles. The maximum atomic E-state index is 13.6. The molecule has 0 N–H and O–H groups in total. The van der Waals surface area contributed by atoms with E-state index in [1.807, 2.05) is 84.5 Å². The van der Waals surface area contributed by atoms with Crippen LogP contribution >= 0.6 is 0 Å². The summed E-state index contributed by atoms with van der Waals surface area (Å²) in [6.07, 6.45) is 6.91. The van der Waals surface area contributed by atoms with Crippen LogP contribution in [0.15, 0.2) is 61.3 Å². The first-order chi connectivity index (χ1) is 18.6. The van der Waals surface area contributed by atoms with Gasteiger partial charge in [-0.25, -0.2) is 14.6 Å². The molecule has 0 amide bonds. The van der Waals surface area contributed by atoms with E-state index in [1.165, 1.54) is 6.33 Å². The lowest BCUT2D eigenvalue weighted by Crippen LogP contribution is -2.29. The van der Waals surface area contributed by atoms with Gasteiger partial charge in [0, 0.05) is 55.8 Å². The molecule has 0 saturated heterocycles. The fourth-order valence-corrected chi connectivity index (χ4v) is 4.14. The Balaban J connectivity index is 1.62. The summed E-state index contributed by atoms with van der Waals surface area (Å²) < 4.78 is 1.71. The molecule has 4 rings (SSSR count). The van der Waals surface area contributed by atoms with Crippen LogP contribution in [-0.2, 0) is 11.8 Å². The highest BCUT2D eigenvalue weighted by atomic mass is 16.1. The van der Waals surface area contributed by atoms with Crippen LogP contribution in [0.1, 0.15) is 40.9 Å².